The zero-order chi connectivity index (χ0) is 13.0. The Labute approximate surface area is 106 Å². The van der Waals surface area contributed by atoms with Crippen molar-refractivity contribution >= 4 is 11.8 Å². The molecule has 18 heavy (non-hydrogen) atoms. The molecule has 0 unspecified atom stereocenters. The molecule has 0 spiro atoms. The van der Waals surface area contributed by atoms with Crippen molar-refractivity contribution in [2.45, 2.75) is 32.7 Å². The molecule has 0 bridgehead atoms. The SMILES string of the molecule is Cc1cc(N[C@H](C)CCc2ccco2)nc(N)n1. The molecule has 0 aliphatic carbocycles. The topological polar surface area (TPSA) is 77.0 Å². The van der Waals surface area contributed by atoms with Crippen molar-refractivity contribution < 1.29 is 4.42 Å². The molecule has 2 heterocycles. The molecule has 5 nitrogen and oxygen atoms in total. The number of nitrogens with zero attached hydrogens (tertiary/aromatic N) is 2. The standard InChI is InChI=1S/C13H18N4O/c1-9(5-6-11-4-3-7-18-11)15-12-8-10(2)16-13(14)17-12/h3-4,7-9H,5-6H2,1-2H3,(H3,14,15,16,17)/t9-/m1/s1. The van der Waals surface area contributed by atoms with Gasteiger partial charge in [-0.1, -0.05) is 0 Å². The van der Waals surface area contributed by atoms with E-state index in [9.17, 15) is 0 Å². The molecule has 0 radical (unpaired) electrons. The largest absolute Gasteiger partial charge is 0.469 e. The van der Waals surface area contributed by atoms with Crippen LogP contribution in [0.3, 0.4) is 0 Å². The zero-order valence-electron chi connectivity index (χ0n) is 10.7. The molecule has 0 aliphatic rings. The maximum absolute atomic E-state index is 5.61. The molecule has 96 valence electrons. The Morgan fingerprint density at radius 1 is 1.44 bits per heavy atom. The fourth-order valence-corrected chi connectivity index (χ4v) is 1.80. The molecule has 0 amide bonds. The quantitative estimate of drug-likeness (QED) is 0.847. The molecule has 0 fully saturated rings. The summed E-state index contributed by atoms with van der Waals surface area (Å²) in [4.78, 5) is 8.19. The Kier molecular flexibility index (Phi) is 3.82. The number of anilines is 2. The van der Waals surface area contributed by atoms with Crippen molar-refractivity contribution in [3.8, 4) is 0 Å². The van der Waals surface area contributed by atoms with Gasteiger partial charge in [0.15, 0.2) is 0 Å². The maximum Gasteiger partial charge on any atom is 0.222 e. The van der Waals surface area contributed by atoms with E-state index in [0.717, 1.165) is 30.1 Å². The smallest absolute Gasteiger partial charge is 0.222 e. The van der Waals surface area contributed by atoms with Gasteiger partial charge < -0.3 is 15.5 Å². The lowest BCUT2D eigenvalue weighted by Crippen LogP contribution is -2.17. The van der Waals surface area contributed by atoms with E-state index < -0.39 is 0 Å². The Balaban J connectivity index is 1.88. The van der Waals surface area contributed by atoms with E-state index >= 15 is 0 Å². The normalized spacial score (nSPS) is 12.3. The van der Waals surface area contributed by atoms with Gasteiger partial charge in [0, 0.05) is 24.2 Å². The Bertz CT molecular complexity index is 475. The van der Waals surface area contributed by atoms with Crippen molar-refractivity contribution in [1.29, 1.82) is 0 Å². The van der Waals surface area contributed by atoms with Gasteiger partial charge in [0.05, 0.1) is 6.26 Å². The van der Waals surface area contributed by atoms with E-state index in [1.807, 2.05) is 25.1 Å². The van der Waals surface area contributed by atoms with Crippen molar-refractivity contribution in [3.63, 3.8) is 0 Å². The molecule has 5 heteroatoms. The van der Waals surface area contributed by atoms with Crippen LogP contribution in [0.2, 0.25) is 0 Å². The maximum atomic E-state index is 5.61. The van der Waals surface area contributed by atoms with Gasteiger partial charge in [0.25, 0.3) is 0 Å². The number of rotatable bonds is 5. The molecule has 2 rings (SSSR count). The van der Waals surface area contributed by atoms with Gasteiger partial charge in [-0.3, -0.25) is 0 Å². The summed E-state index contributed by atoms with van der Waals surface area (Å²) in [6, 6.07) is 6.07. The third-order valence-corrected chi connectivity index (χ3v) is 2.67. The van der Waals surface area contributed by atoms with E-state index in [1.165, 1.54) is 0 Å². The van der Waals surface area contributed by atoms with Gasteiger partial charge in [0.1, 0.15) is 11.6 Å². The van der Waals surface area contributed by atoms with E-state index in [1.54, 1.807) is 6.26 Å². The number of hydrogen-bond acceptors (Lipinski definition) is 5. The summed E-state index contributed by atoms with van der Waals surface area (Å²) in [5.74, 6) is 2.07. The monoisotopic (exact) mass is 246 g/mol. The summed E-state index contributed by atoms with van der Waals surface area (Å²) in [6.45, 7) is 4.01. The lowest BCUT2D eigenvalue weighted by atomic mass is 10.1. The van der Waals surface area contributed by atoms with E-state index in [-0.39, 0.29) is 0 Å². The lowest BCUT2D eigenvalue weighted by Gasteiger charge is -2.14. The third kappa shape index (κ3) is 3.48. The average molecular weight is 246 g/mol. The van der Waals surface area contributed by atoms with Crippen molar-refractivity contribution in [1.82, 2.24) is 9.97 Å². The summed E-state index contributed by atoms with van der Waals surface area (Å²) in [7, 11) is 0. The van der Waals surface area contributed by atoms with Crippen LogP contribution >= 0.6 is 0 Å². The van der Waals surface area contributed by atoms with Crippen LogP contribution in [0, 0.1) is 6.92 Å². The van der Waals surface area contributed by atoms with Crippen LogP contribution < -0.4 is 11.1 Å². The molecular formula is C13H18N4O. The highest BCUT2D eigenvalue weighted by Gasteiger charge is 2.06. The van der Waals surface area contributed by atoms with Gasteiger partial charge in [-0.05, 0) is 32.4 Å². The highest BCUT2D eigenvalue weighted by Crippen LogP contribution is 2.12. The molecule has 0 saturated carbocycles. The second kappa shape index (κ2) is 5.53. The number of furan rings is 1. The van der Waals surface area contributed by atoms with Crippen molar-refractivity contribution in [2.24, 2.45) is 0 Å². The zero-order valence-corrected chi connectivity index (χ0v) is 10.7. The van der Waals surface area contributed by atoms with Crippen LogP contribution in [0.25, 0.3) is 0 Å². The fourth-order valence-electron chi connectivity index (χ4n) is 1.80. The van der Waals surface area contributed by atoms with Crippen LogP contribution in [0.15, 0.2) is 28.9 Å². The van der Waals surface area contributed by atoms with Crippen molar-refractivity contribution in [2.75, 3.05) is 11.1 Å². The number of aromatic nitrogens is 2. The van der Waals surface area contributed by atoms with E-state index in [4.69, 9.17) is 10.2 Å². The van der Waals surface area contributed by atoms with Crippen molar-refractivity contribution in [3.05, 3.63) is 35.9 Å². The molecule has 1 atom stereocenters. The number of nitrogens with one attached hydrogen (secondary N) is 1. The minimum atomic E-state index is 0.295. The molecule has 0 saturated heterocycles. The molecule has 2 aromatic heterocycles. The second-order valence-electron chi connectivity index (χ2n) is 4.42. The highest BCUT2D eigenvalue weighted by atomic mass is 16.3. The number of aryl methyl sites for hydroxylation is 2. The van der Waals surface area contributed by atoms with Gasteiger partial charge in [0.2, 0.25) is 5.95 Å². The third-order valence-electron chi connectivity index (χ3n) is 2.67. The van der Waals surface area contributed by atoms with Crippen LogP contribution in [0.5, 0.6) is 0 Å². The molecule has 0 aromatic carbocycles. The minimum Gasteiger partial charge on any atom is -0.469 e. The fraction of sp³-hybridized carbons (Fsp3) is 0.385. The first-order chi connectivity index (χ1) is 8.63. The lowest BCUT2D eigenvalue weighted by molar-refractivity contribution is 0.495. The van der Waals surface area contributed by atoms with Crippen LogP contribution in [-0.2, 0) is 6.42 Å². The first-order valence-corrected chi connectivity index (χ1v) is 6.03. The summed E-state index contributed by atoms with van der Waals surface area (Å²) in [5.41, 5.74) is 6.47. The highest BCUT2D eigenvalue weighted by molar-refractivity contribution is 5.40. The van der Waals surface area contributed by atoms with E-state index in [2.05, 4.69) is 22.2 Å². The molecule has 0 aliphatic heterocycles. The Hall–Kier alpha value is -2.04. The van der Waals surface area contributed by atoms with Gasteiger partial charge in [-0.2, -0.15) is 4.98 Å². The summed E-state index contributed by atoms with van der Waals surface area (Å²) < 4.78 is 5.30. The minimum absolute atomic E-state index is 0.295. The predicted molar refractivity (Wildman–Crippen MR) is 71.3 cm³/mol. The van der Waals surface area contributed by atoms with E-state index in [0.29, 0.717) is 12.0 Å². The number of nitrogen functional groups attached to an aromatic ring is 1. The summed E-state index contributed by atoms with van der Waals surface area (Å²) in [6.07, 6.45) is 3.57. The number of hydrogen-bond donors (Lipinski definition) is 2. The summed E-state index contributed by atoms with van der Waals surface area (Å²) >= 11 is 0. The van der Waals surface area contributed by atoms with Crippen LogP contribution in [0.1, 0.15) is 24.8 Å². The molecule has 3 N–H and O–H groups in total. The molecule has 2 aromatic rings. The summed E-state index contributed by atoms with van der Waals surface area (Å²) in [5, 5.41) is 3.31. The second-order valence-corrected chi connectivity index (χ2v) is 4.42. The predicted octanol–water partition coefficient (Wildman–Crippen LogP) is 2.39. The van der Waals surface area contributed by atoms with Crippen LogP contribution in [-0.4, -0.2) is 16.0 Å². The molecular weight excluding hydrogens is 228 g/mol. The first-order valence-electron chi connectivity index (χ1n) is 6.03. The van der Waals surface area contributed by atoms with Gasteiger partial charge in [-0.25, -0.2) is 4.98 Å². The van der Waals surface area contributed by atoms with Gasteiger partial charge >= 0.3 is 0 Å². The number of nitrogens with two attached hydrogens (primary N) is 1. The Morgan fingerprint density at radius 2 is 2.28 bits per heavy atom. The van der Waals surface area contributed by atoms with Crippen LogP contribution in [0.4, 0.5) is 11.8 Å². The van der Waals surface area contributed by atoms with Gasteiger partial charge in [-0.15, -0.1) is 0 Å². The first kappa shape index (κ1) is 12.4. The Morgan fingerprint density at radius 3 is 2.94 bits per heavy atom. The average Bonchev–Trinajstić information content (AvgIpc) is 2.77.